The number of aliphatic hydroxyl groups excluding tert-OH is 1. The molecule has 0 aliphatic heterocycles. The molecule has 0 amide bonds. The van der Waals surface area contributed by atoms with E-state index in [1.54, 1.807) is 0 Å². The molecule has 1 heteroatoms. The molecule has 10 unspecified atom stereocenters. The molecule has 31 heavy (non-hydrogen) atoms. The molecule has 1 N–H and O–H groups in total. The first kappa shape index (κ1) is 23.8. The van der Waals surface area contributed by atoms with Gasteiger partial charge in [0.1, 0.15) is 0 Å². The number of hydrogen-bond donors (Lipinski definition) is 1. The van der Waals surface area contributed by atoms with Crippen LogP contribution in [0.3, 0.4) is 0 Å². The van der Waals surface area contributed by atoms with E-state index in [2.05, 4.69) is 54.5 Å². The molecular formula is C30H52O. The lowest BCUT2D eigenvalue weighted by molar-refractivity contribution is -0.0774. The summed E-state index contributed by atoms with van der Waals surface area (Å²) in [6.07, 6.45) is 16.1. The predicted octanol–water partition coefficient (Wildman–Crippen LogP) is 8.27. The fraction of sp³-hybridized carbons (Fsp3) is 0.933. The van der Waals surface area contributed by atoms with Crippen molar-refractivity contribution in [2.75, 3.05) is 0 Å². The lowest BCUT2D eigenvalue weighted by Gasteiger charge is -2.59. The van der Waals surface area contributed by atoms with E-state index in [1.807, 2.05) is 5.57 Å². The van der Waals surface area contributed by atoms with Crippen LogP contribution in [0.5, 0.6) is 0 Å². The monoisotopic (exact) mass is 428 g/mol. The van der Waals surface area contributed by atoms with E-state index in [0.717, 1.165) is 41.9 Å². The van der Waals surface area contributed by atoms with Gasteiger partial charge in [0.25, 0.3) is 0 Å². The van der Waals surface area contributed by atoms with Crippen molar-refractivity contribution in [1.29, 1.82) is 0 Å². The Morgan fingerprint density at radius 3 is 2.32 bits per heavy atom. The van der Waals surface area contributed by atoms with E-state index in [-0.39, 0.29) is 6.10 Å². The topological polar surface area (TPSA) is 20.2 Å². The third kappa shape index (κ3) is 3.87. The van der Waals surface area contributed by atoms with Crippen LogP contribution in [0.1, 0.15) is 113 Å². The van der Waals surface area contributed by atoms with Crippen LogP contribution in [0.4, 0.5) is 0 Å². The predicted molar refractivity (Wildman–Crippen MR) is 133 cm³/mol. The van der Waals surface area contributed by atoms with Gasteiger partial charge in [-0.25, -0.2) is 0 Å². The third-order valence-electron chi connectivity index (χ3n) is 11.8. The fourth-order valence-electron chi connectivity index (χ4n) is 9.61. The molecule has 10 atom stereocenters. The first-order valence-corrected chi connectivity index (χ1v) is 14.0. The van der Waals surface area contributed by atoms with Gasteiger partial charge in [0, 0.05) is 0 Å². The van der Waals surface area contributed by atoms with Crippen LogP contribution in [-0.4, -0.2) is 11.2 Å². The van der Waals surface area contributed by atoms with Crippen LogP contribution in [-0.2, 0) is 0 Å². The van der Waals surface area contributed by atoms with Crippen molar-refractivity contribution in [2.45, 2.75) is 119 Å². The number of rotatable bonds is 6. The SMILES string of the molecule is CCC(CCC(C)C1CCC2C3=CCC4C(C)C(O)CCC4(C)C3CCC21C)C(C)C. The summed E-state index contributed by atoms with van der Waals surface area (Å²) < 4.78 is 0. The molecule has 0 saturated heterocycles. The lowest BCUT2D eigenvalue weighted by Crippen LogP contribution is -2.52. The number of aliphatic hydroxyl groups is 1. The molecule has 0 aromatic heterocycles. The van der Waals surface area contributed by atoms with Crippen molar-refractivity contribution < 1.29 is 5.11 Å². The second-order valence-electron chi connectivity index (χ2n) is 13.3. The van der Waals surface area contributed by atoms with Gasteiger partial charge in [-0.1, -0.05) is 73.0 Å². The first-order valence-electron chi connectivity index (χ1n) is 14.0. The molecule has 1 nitrogen and oxygen atoms in total. The minimum Gasteiger partial charge on any atom is -0.393 e. The maximum absolute atomic E-state index is 10.5. The number of hydrogen-bond acceptors (Lipinski definition) is 1. The van der Waals surface area contributed by atoms with E-state index in [1.165, 1.54) is 57.8 Å². The summed E-state index contributed by atoms with van der Waals surface area (Å²) in [5.41, 5.74) is 2.84. The summed E-state index contributed by atoms with van der Waals surface area (Å²) in [5, 5.41) is 10.5. The highest BCUT2D eigenvalue weighted by atomic mass is 16.3. The first-order chi connectivity index (χ1) is 14.6. The van der Waals surface area contributed by atoms with Crippen molar-refractivity contribution in [2.24, 2.45) is 58.2 Å². The minimum absolute atomic E-state index is 0.0728. The average molecular weight is 429 g/mol. The van der Waals surface area contributed by atoms with Crippen LogP contribution in [0.2, 0.25) is 0 Å². The van der Waals surface area contributed by atoms with Gasteiger partial charge >= 0.3 is 0 Å². The highest BCUT2D eigenvalue weighted by Gasteiger charge is 2.59. The summed E-state index contributed by atoms with van der Waals surface area (Å²) in [4.78, 5) is 0. The molecule has 3 saturated carbocycles. The van der Waals surface area contributed by atoms with Gasteiger partial charge in [-0.05, 0) is 110 Å². The highest BCUT2D eigenvalue weighted by Crippen LogP contribution is 2.67. The van der Waals surface area contributed by atoms with Gasteiger partial charge in [0.05, 0.1) is 6.10 Å². The Morgan fingerprint density at radius 1 is 0.968 bits per heavy atom. The zero-order valence-electron chi connectivity index (χ0n) is 21.8. The Morgan fingerprint density at radius 2 is 1.65 bits per heavy atom. The third-order valence-corrected chi connectivity index (χ3v) is 11.8. The molecule has 3 fully saturated rings. The molecule has 0 radical (unpaired) electrons. The van der Waals surface area contributed by atoms with Gasteiger partial charge in [-0.15, -0.1) is 0 Å². The summed E-state index contributed by atoms with van der Waals surface area (Å²) in [6, 6.07) is 0. The van der Waals surface area contributed by atoms with Gasteiger partial charge < -0.3 is 5.11 Å². The van der Waals surface area contributed by atoms with E-state index in [0.29, 0.717) is 22.7 Å². The Bertz CT molecular complexity index is 663. The zero-order chi connectivity index (χ0) is 22.6. The zero-order valence-corrected chi connectivity index (χ0v) is 21.8. The quantitative estimate of drug-likeness (QED) is 0.422. The normalized spacial score (nSPS) is 46.7. The number of allylic oxidation sites excluding steroid dienone is 2. The molecule has 0 bridgehead atoms. The molecule has 178 valence electrons. The maximum Gasteiger partial charge on any atom is 0.0568 e. The minimum atomic E-state index is -0.0728. The van der Waals surface area contributed by atoms with Crippen molar-refractivity contribution in [3.05, 3.63) is 11.6 Å². The van der Waals surface area contributed by atoms with Crippen molar-refractivity contribution in [3.63, 3.8) is 0 Å². The molecule has 4 aliphatic rings. The van der Waals surface area contributed by atoms with Crippen LogP contribution < -0.4 is 0 Å². The lowest BCUT2D eigenvalue weighted by atomic mass is 9.46. The summed E-state index contributed by atoms with van der Waals surface area (Å²) in [6.45, 7) is 17.4. The largest absolute Gasteiger partial charge is 0.393 e. The average Bonchev–Trinajstić information content (AvgIpc) is 3.08. The molecule has 0 spiro atoms. The van der Waals surface area contributed by atoms with E-state index in [9.17, 15) is 5.11 Å². The second-order valence-corrected chi connectivity index (χ2v) is 13.3. The van der Waals surface area contributed by atoms with Crippen molar-refractivity contribution >= 4 is 0 Å². The van der Waals surface area contributed by atoms with Gasteiger partial charge in [0.15, 0.2) is 0 Å². The van der Waals surface area contributed by atoms with Gasteiger partial charge in [-0.3, -0.25) is 0 Å². The van der Waals surface area contributed by atoms with Crippen LogP contribution in [0, 0.1) is 58.2 Å². The Labute approximate surface area is 193 Å². The highest BCUT2D eigenvalue weighted by molar-refractivity contribution is 5.28. The molecule has 0 aromatic carbocycles. The standard InChI is InChI=1S/C30H52O/c1-8-22(19(2)3)10-9-20(4)24-13-14-26-23-11-12-25-21(5)28(31)16-18-30(25,7)27(23)15-17-29(24,26)6/h11,19-22,24-28,31H,8-10,12-18H2,1-7H3. The summed E-state index contributed by atoms with van der Waals surface area (Å²) in [7, 11) is 0. The maximum atomic E-state index is 10.5. The second kappa shape index (κ2) is 8.81. The van der Waals surface area contributed by atoms with Crippen molar-refractivity contribution in [1.82, 2.24) is 0 Å². The molecule has 0 heterocycles. The van der Waals surface area contributed by atoms with Crippen molar-refractivity contribution in [3.8, 4) is 0 Å². The molecule has 4 rings (SSSR count). The molecule has 0 aromatic rings. The Balaban J connectivity index is 1.50. The van der Waals surface area contributed by atoms with Crippen LogP contribution >= 0.6 is 0 Å². The van der Waals surface area contributed by atoms with E-state index < -0.39 is 0 Å². The van der Waals surface area contributed by atoms with E-state index in [4.69, 9.17) is 0 Å². The number of fused-ring (bicyclic) bond motifs is 5. The van der Waals surface area contributed by atoms with Crippen LogP contribution in [0.15, 0.2) is 11.6 Å². The summed E-state index contributed by atoms with van der Waals surface area (Å²) in [5.74, 6) is 6.31. The smallest absolute Gasteiger partial charge is 0.0568 e. The Hall–Kier alpha value is -0.300. The Kier molecular flexibility index (Phi) is 6.78. The fourth-order valence-corrected chi connectivity index (χ4v) is 9.61. The molecule has 4 aliphatic carbocycles. The van der Waals surface area contributed by atoms with Crippen LogP contribution in [0.25, 0.3) is 0 Å². The van der Waals surface area contributed by atoms with Gasteiger partial charge in [-0.2, -0.15) is 0 Å². The summed E-state index contributed by atoms with van der Waals surface area (Å²) >= 11 is 0. The van der Waals surface area contributed by atoms with E-state index >= 15 is 0 Å². The van der Waals surface area contributed by atoms with Gasteiger partial charge in [0.2, 0.25) is 0 Å². The molecular weight excluding hydrogens is 376 g/mol.